The molecule has 1 unspecified atom stereocenters. The number of aliphatic hydroxyl groups is 1. The Hall–Kier alpha value is -2.57. The number of Topliss-reactive ketones (excluding diaryl/α,β-unsaturated/α-hetero) is 1. The lowest BCUT2D eigenvalue weighted by Gasteiger charge is -2.28. The molecule has 0 radical (unpaired) electrons. The van der Waals surface area contributed by atoms with Crippen molar-refractivity contribution in [2.24, 2.45) is 0 Å². The van der Waals surface area contributed by atoms with Crippen molar-refractivity contribution in [3.8, 4) is 0 Å². The van der Waals surface area contributed by atoms with Crippen molar-refractivity contribution in [2.45, 2.75) is 33.2 Å². The molecular formula is C23H27ClN2O4. The summed E-state index contributed by atoms with van der Waals surface area (Å²) < 4.78 is 5.47. The monoisotopic (exact) mass is 430 g/mol. The summed E-state index contributed by atoms with van der Waals surface area (Å²) in [6, 6.07) is 9.54. The van der Waals surface area contributed by atoms with Crippen LogP contribution in [-0.4, -0.2) is 52.8 Å². The Balaban J connectivity index is 1.95. The molecule has 0 bridgehead atoms. The number of hydrogen-bond donors (Lipinski definition) is 1. The first-order valence-corrected chi connectivity index (χ1v) is 10.6. The van der Waals surface area contributed by atoms with Crippen molar-refractivity contribution in [1.29, 1.82) is 0 Å². The number of benzene rings is 1. The van der Waals surface area contributed by atoms with Crippen molar-refractivity contribution in [1.82, 2.24) is 9.80 Å². The van der Waals surface area contributed by atoms with Gasteiger partial charge in [-0.1, -0.05) is 37.6 Å². The number of nitrogens with zero attached hydrogens (tertiary/aromatic N) is 2. The average Bonchev–Trinajstić information content (AvgIpc) is 3.27. The highest BCUT2D eigenvalue weighted by Gasteiger charge is 2.44. The van der Waals surface area contributed by atoms with E-state index in [0.29, 0.717) is 22.9 Å². The topological polar surface area (TPSA) is 74.0 Å². The average molecular weight is 431 g/mol. The summed E-state index contributed by atoms with van der Waals surface area (Å²) in [5.74, 6) is -0.893. The second-order valence-electron chi connectivity index (χ2n) is 7.34. The Morgan fingerprint density at radius 2 is 1.97 bits per heavy atom. The van der Waals surface area contributed by atoms with E-state index in [1.165, 1.54) is 0 Å². The maximum Gasteiger partial charge on any atom is 0.290 e. The molecule has 2 aromatic rings. The molecule has 1 aliphatic heterocycles. The van der Waals surface area contributed by atoms with Gasteiger partial charge in [-0.25, -0.2) is 0 Å². The van der Waals surface area contributed by atoms with Gasteiger partial charge in [0.25, 0.3) is 5.91 Å². The van der Waals surface area contributed by atoms with Crippen molar-refractivity contribution < 1.29 is 19.1 Å². The molecule has 1 amide bonds. The zero-order valence-electron chi connectivity index (χ0n) is 17.5. The summed E-state index contributed by atoms with van der Waals surface area (Å²) in [5, 5.41) is 11.1. The van der Waals surface area contributed by atoms with Gasteiger partial charge in [0.2, 0.25) is 5.78 Å². The number of aliphatic hydroxyl groups excluding tert-OH is 1. The van der Waals surface area contributed by atoms with Gasteiger partial charge in [-0.2, -0.15) is 0 Å². The SMILES string of the molecule is CCN(CC)CCCN1C(=O)C(O)=C(C(=O)c2ccc(C)o2)C1c1cccc(Cl)c1. The number of halogens is 1. The van der Waals surface area contributed by atoms with E-state index in [-0.39, 0.29) is 11.3 Å². The maximum atomic E-state index is 13.2. The van der Waals surface area contributed by atoms with E-state index in [1.807, 2.05) is 0 Å². The predicted octanol–water partition coefficient (Wildman–Crippen LogP) is 4.55. The molecule has 160 valence electrons. The Kier molecular flexibility index (Phi) is 7.00. The number of aryl methyl sites for hydroxylation is 1. The summed E-state index contributed by atoms with van der Waals surface area (Å²) >= 11 is 6.18. The van der Waals surface area contributed by atoms with Crippen LogP contribution in [0.5, 0.6) is 0 Å². The van der Waals surface area contributed by atoms with Crippen LogP contribution in [0, 0.1) is 6.92 Å². The normalized spacial score (nSPS) is 16.8. The van der Waals surface area contributed by atoms with Gasteiger partial charge in [0.1, 0.15) is 5.76 Å². The van der Waals surface area contributed by atoms with Crippen molar-refractivity contribution in [2.75, 3.05) is 26.2 Å². The van der Waals surface area contributed by atoms with E-state index in [2.05, 4.69) is 18.7 Å². The van der Waals surface area contributed by atoms with Crippen LogP contribution in [0.2, 0.25) is 5.02 Å². The van der Waals surface area contributed by atoms with Gasteiger partial charge in [-0.3, -0.25) is 9.59 Å². The van der Waals surface area contributed by atoms with Crippen LogP contribution in [-0.2, 0) is 4.79 Å². The Labute approximate surface area is 181 Å². The number of ketones is 1. The van der Waals surface area contributed by atoms with Crippen LogP contribution in [0.25, 0.3) is 0 Å². The Bertz CT molecular complexity index is 962. The lowest BCUT2D eigenvalue weighted by Crippen LogP contribution is -2.34. The van der Waals surface area contributed by atoms with Crippen LogP contribution in [0.15, 0.2) is 52.1 Å². The summed E-state index contributed by atoms with van der Waals surface area (Å²) in [5.41, 5.74) is 0.703. The maximum absolute atomic E-state index is 13.2. The van der Waals surface area contributed by atoms with Crippen LogP contribution < -0.4 is 0 Å². The molecule has 0 spiro atoms. The predicted molar refractivity (Wildman–Crippen MR) is 116 cm³/mol. The molecule has 0 saturated carbocycles. The fourth-order valence-electron chi connectivity index (χ4n) is 3.83. The van der Waals surface area contributed by atoms with Gasteiger partial charge < -0.3 is 19.3 Å². The third-order valence-corrected chi connectivity index (χ3v) is 5.68. The molecule has 30 heavy (non-hydrogen) atoms. The van der Waals surface area contributed by atoms with Gasteiger partial charge in [-0.05, 0) is 62.8 Å². The molecule has 1 aromatic heterocycles. The molecule has 1 aromatic carbocycles. The van der Waals surface area contributed by atoms with Gasteiger partial charge in [0, 0.05) is 11.6 Å². The molecular weight excluding hydrogens is 404 g/mol. The second-order valence-corrected chi connectivity index (χ2v) is 7.77. The van der Waals surface area contributed by atoms with E-state index in [4.69, 9.17) is 16.0 Å². The third kappa shape index (κ3) is 4.45. The van der Waals surface area contributed by atoms with Crippen LogP contribution >= 0.6 is 11.6 Å². The van der Waals surface area contributed by atoms with E-state index in [1.54, 1.807) is 48.2 Å². The molecule has 0 saturated heterocycles. The van der Waals surface area contributed by atoms with Gasteiger partial charge in [0.05, 0.1) is 11.6 Å². The largest absolute Gasteiger partial charge is 0.503 e. The van der Waals surface area contributed by atoms with Gasteiger partial charge in [0.15, 0.2) is 11.5 Å². The van der Waals surface area contributed by atoms with Crippen LogP contribution in [0.3, 0.4) is 0 Å². The number of furan rings is 1. The van der Waals surface area contributed by atoms with E-state index >= 15 is 0 Å². The van der Waals surface area contributed by atoms with Gasteiger partial charge in [-0.15, -0.1) is 0 Å². The zero-order valence-corrected chi connectivity index (χ0v) is 18.3. The highest BCUT2D eigenvalue weighted by Crippen LogP contribution is 2.39. The number of rotatable bonds is 9. The number of amides is 1. The fourth-order valence-corrected chi connectivity index (χ4v) is 4.03. The smallest absolute Gasteiger partial charge is 0.290 e. The summed E-state index contributed by atoms with van der Waals surface area (Å²) in [6.07, 6.45) is 0.721. The van der Waals surface area contributed by atoms with Crippen LogP contribution in [0.4, 0.5) is 0 Å². The molecule has 1 N–H and O–H groups in total. The molecule has 1 aliphatic rings. The molecule has 6 nitrogen and oxygen atoms in total. The van der Waals surface area contributed by atoms with E-state index in [0.717, 1.165) is 26.1 Å². The Morgan fingerprint density at radius 3 is 2.57 bits per heavy atom. The van der Waals surface area contributed by atoms with Gasteiger partial charge >= 0.3 is 0 Å². The highest BCUT2D eigenvalue weighted by atomic mass is 35.5. The van der Waals surface area contributed by atoms with E-state index < -0.39 is 23.5 Å². The van der Waals surface area contributed by atoms with Crippen LogP contribution in [0.1, 0.15) is 48.2 Å². The quantitative estimate of drug-likeness (QED) is 0.590. The fraction of sp³-hybridized carbons (Fsp3) is 0.391. The first-order chi connectivity index (χ1) is 14.4. The summed E-state index contributed by atoms with van der Waals surface area (Å²) in [4.78, 5) is 29.9. The summed E-state index contributed by atoms with van der Waals surface area (Å²) in [7, 11) is 0. The second kappa shape index (κ2) is 9.49. The standard InChI is InChI=1S/C23H27ClN2O4/c1-4-25(5-2)12-7-13-26-20(16-8-6-9-17(24)14-16)19(22(28)23(26)29)21(27)18-11-10-15(3)30-18/h6,8-11,14,20,28H,4-5,7,12-13H2,1-3H3. The lowest BCUT2D eigenvalue weighted by atomic mass is 9.95. The number of carbonyl (C=O) groups is 2. The molecule has 0 aliphatic carbocycles. The zero-order chi connectivity index (χ0) is 21.8. The van der Waals surface area contributed by atoms with E-state index in [9.17, 15) is 14.7 Å². The summed E-state index contributed by atoms with van der Waals surface area (Å²) in [6.45, 7) is 8.99. The molecule has 3 rings (SSSR count). The molecule has 2 heterocycles. The van der Waals surface area contributed by atoms with Crippen molar-refractivity contribution in [3.05, 3.63) is 69.8 Å². The molecule has 1 atom stereocenters. The molecule has 0 fully saturated rings. The first kappa shape index (κ1) is 22.1. The number of carbonyl (C=O) groups excluding carboxylic acids is 2. The number of hydrogen-bond acceptors (Lipinski definition) is 5. The highest BCUT2D eigenvalue weighted by molar-refractivity contribution is 6.30. The van der Waals surface area contributed by atoms with Crippen molar-refractivity contribution in [3.63, 3.8) is 0 Å². The van der Waals surface area contributed by atoms with Crippen molar-refractivity contribution >= 4 is 23.3 Å². The molecule has 7 heteroatoms. The minimum Gasteiger partial charge on any atom is -0.503 e. The first-order valence-electron chi connectivity index (χ1n) is 10.2. The third-order valence-electron chi connectivity index (χ3n) is 5.44. The minimum atomic E-state index is -0.717. The minimum absolute atomic E-state index is 0.0273. The Morgan fingerprint density at radius 1 is 1.23 bits per heavy atom. The lowest BCUT2D eigenvalue weighted by molar-refractivity contribution is -0.129.